The van der Waals surface area contributed by atoms with Gasteiger partial charge in [0.1, 0.15) is 0 Å². The highest BCUT2D eigenvalue weighted by Gasteiger charge is 2.23. The van der Waals surface area contributed by atoms with Gasteiger partial charge < -0.3 is 15.3 Å². The van der Waals surface area contributed by atoms with Gasteiger partial charge in [0.15, 0.2) is 5.69 Å². The first-order valence-electron chi connectivity index (χ1n) is 9.65. The molecule has 1 fully saturated rings. The number of pyridine rings is 1. The van der Waals surface area contributed by atoms with Crippen LogP contribution in [0.5, 0.6) is 0 Å². The second-order valence-electron chi connectivity index (χ2n) is 7.23. The van der Waals surface area contributed by atoms with Crippen molar-refractivity contribution < 1.29 is 9.90 Å². The zero-order valence-corrected chi connectivity index (χ0v) is 16.7. The lowest BCUT2D eigenvalue weighted by atomic mass is 10.1. The minimum Gasteiger partial charge on any atom is -0.392 e. The summed E-state index contributed by atoms with van der Waals surface area (Å²) in [6.45, 7) is 6.14. The van der Waals surface area contributed by atoms with Gasteiger partial charge in [-0.25, -0.2) is 4.52 Å². The molecule has 2 aromatic heterocycles. The zero-order chi connectivity index (χ0) is 20.1. The van der Waals surface area contributed by atoms with Crippen molar-refractivity contribution in [2.45, 2.75) is 26.9 Å². The summed E-state index contributed by atoms with van der Waals surface area (Å²) in [4.78, 5) is 14.3. The molecule has 3 aromatic rings. The van der Waals surface area contributed by atoms with E-state index in [9.17, 15) is 9.90 Å². The molecule has 1 aliphatic heterocycles. The molecule has 0 saturated carbocycles. The first-order chi connectivity index (χ1) is 13.5. The number of aliphatic hydroxyl groups is 1. The van der Waals surface area contributed by atoms with E-state index in [0.29, 0.717) is 17.2 Å². The third-order valence-corrected chi connectivity index (χ3v) is 5.06. The summed E-state index contributed by atoms with van der Waals surface area (Å²) in [6.07, 6.45) is 3.15. The van der Waals surface area contributed by atoms with Crippen LogP contribution in [0.1, 0.15) is 35.0 Å². The number of aliphatic hydroxyl groups excluding tert-OH is 1. The van der Waals surface area contributed by atoms with Gasteiger partial charge in [0, 0.05) is 25.7 Å². The Labute approximate surface area is 165 Å². The van der Waals surface area contributed by atoms with Crippen LogP contribution in [0, 0.1) is 12.8 Å². The molecular formula is C22H28N4O2. The Morgan fingerprint density at radius 1 is 1.25 bits per heavy atom. The van der Waals surface area contributed by atoms with E-state index in [-0.39, 0.29) is 12.5 Å². The van der Waals surface area contributed by atoms with Crippen molar-refractivity contribution in [3.05, 3.63) is 65.5 Å². The summed E-state index contributed by atoms with van der Waals surface area (Å²) in [7, 11) is 1.57. The number of nitrogens with zero attached hydrogens (tertiary/aromatic N) is 3. The van der Waals surface area contributed by atoms with E-state index in [1.54, 1.807) is 11.6 Å². The van der Waals surface area contributed by atoms with Gasteiger partial charge in [0.25, 0.3) is 5.91 Å². The minimum atomic E-state index is -0.275. The van der Waals surface area contributed by atoms with E-state index in [1.807, 2.05) is 49.5 Å². The van der Waals surface area contributed by atoms with Crippen LogP contribution in [-0.2, 0) is 6.61 Å². The van der Waals surface area contributed by atoms with E-state index < -0.39 is 0 Å². The van der Waals surface area contributed by atoms with Crippen LogP contribution < -0.4 is 10.2 Å². The van der Waals surface area contributed by atoms with Gasteiger partial charge in [-0.05, 0) is 30.9 Å². The Morgan fingerprint density at radius 3 is 2.39 bits per heavy atom. The van der Waals surface area contributed by atoms with E-state index >= 15 is 0 Å². The normalized spacial score (nSPS) is 16.0. The first kappa shape index (κ1) is 19.9. The number of hydrogen-bond acceptors (Lipinski definition) is 4. The Bertz CT molecular complexity index is 910. The number of carbonyl (C=O) groups excluding carboxylic acids is 1. The number of benzene rings is 1. The highest BCUT2D eigenvalue weighted by molar-refractivity contribution is 5.96. The molecule has 0 aliphatic carbocycles. The number of anilines is 1. The van der Waals surface area contributed by atoms with E-state index in [0.717, 1.165) is 29.9 Å². The van der Waals surface area contributed by atoms with E-state index in [1.165, 1.54) is 6.42 Å². The second kappa shape index (κ2) is 8.89. The molecule has 4 rings (SSSR count). The molecule has 1 aromatic carbocycles. The Balaban J connectivity index is 0.000000320. The van der Waals surface area contributed by atoms with Crippen molar-refractivity contribution in [2.24, 2.45) is 5.92 Å². The molecule has 6 nitrogen and oxygen atoms in total. The van der Waals surface area contributed by atoms with Crippen molar-refractivity contribution in [2.75, 3.05) is 25.0 Å². The fourth-order valence-electron chi connectivity index (χ4n) is 3.61. The average molecular weight is 380 g/mol. The number of amides is 1. The number of hydrogen-bond donors (Lipinski definition) is 2. The lowest BCUT2D eigenvalue weighted by Gasteiger charge is -2.19. The Hall–Kier alpha value is -2.86. The summed E-state index contributed by atoms with van der Waals surface area (Å²) < 4.78 is 1.73. The maximum absolute atomic E-state index is 11.9. The molecule has 1 amide bonds. The maximum atomic E-state index is 11.9. The molecular weight excluding hydrogens is 352 g/mol. The molecule has 148 valence electrons. The molecule has 0 radical (unpaired) electrons. The van der Waals surface area contributed by atoms with Crippen molar-refractivity contribution in [3.63, 3.8) is 0 Å². The maximum Gasteiger partial charge on any atom is 0.271 e. The van der Waals surface area contributed by atoms with Gasteiger partial charge in [-0.3, -0.25) is 4.79 Å². The van der Waals surface area contributed by atoms with Gasteiger partial charge in [-0.15, -0.1) is 0 Å². The second-order valence-corrected chi connectivity index (χ2v) is 7.23. The standard InChI is InChI=1S/C16H22N4O2.C6H6/c1-10-4-5-19(7-10)12-6-11(2)15-13(9-21)14(16(22)17-3)18-20(15)8-12;1-2-4-6-5-3-1/h6,8,10,21H,4-5,7,9H2,1-3H3,(H,17,22);1-6H. The van der Waals surface area contributed by atoms with Crippen LogP contribution in [0.3, 0.4) is 0 Å². The molecule has 1 unspecified atom stereocenters. The smallest absolute Gasteiger partial charge is 0.271 e. The molecule has 1 atom stereocenters. The predicted octanol–water partition coefficient (Wildman–Crippen LogP) is 3.03. The minimum absolute atomic E-state index is 0.201. The summed E-state index contributed by atoms with van der Waals surface area (Å²) in [5.74, 6) is 0.423. The van der Waals surface area contributed by atoms with Crippen LogP contribution >= 0.6 is 0 Å². The molecule has 3 heterocycles. The highest BCUT2D eigenvalue weighted by Crippen LogP contribution is 2.28. The van der Waals surface area contributed by atoms with Crippen LogP contribution in [0.15, 0.2) is 48.7 Å². The first-order valence-corrected chi connectivity index (χ1v) is 9.65. The number of rotatable bonds is 3. The molecule has 6 heteroatoms. The summed E-state index contributed by atoms with van der Waals surface area (Å²) >= 11 is 0. The number of aryl methyl sites for hydroxylation is 1. The quantitative estimate of drug-likeness (QED) is 0.733. The number of aromatic nitrogens is 2. The molecule has 0 spiro atoms. The Kier molecular flexibility index (Phi) is 6.31. The van der Waals surface area contributed by atoms with Crippen LogP contribution in [0.2, 0.25) is 0 Å². The van der Waals surface area contributed by atoms with Gasteiger partial charge in [-0.1, -0.05) is 43.3 Å². The Morgan fingerprint density at radius 2 is 1.89 bits per heavy atom. The lowest BCUT2D eigenvalue weighted by Crippen LogP contribution is -2.20. The summed E-state index contributed by atoms with van der Waals surface area (Å²) in [5, 5.41) is 16.6. The SMILES string of the molecule is CNC(=O)c1nn2cc(N3CCC(C)C3)cc(C)c2c1CO.c1ccccc1. The zero-order valence-electron chi connectivity index (χ0n) is 16.7. The van der Waals surface area contributed by atoms with E-state index in [2.05, 4.69) is 28.3 Å². The fraction of sp³-hybridized carbons (Fsp3) is 0.364. The van der Waals surface area contributed by atoms with Crippen molar-refractivity contribution >= 4 is 17.1 Å². The van der Waals surface area contributed by atoms with Gasteiger partial charge in [0.05, 0.1) is 24.0 Å². The van der Waals surface area contributed by atoms with Gasteiger partial charge in [0.2, 0.25) is 0 Å². The molecule has 28 heavy (non-hydrogen) atoms. The topological polar surface area (TPSA) is 69.9 Å². The predicted molar refractivity (Wildman–Crippen MR) is 112 cm³/mol. The van der Waals surface area contributed by atoms with Crippen LogP contribution in [0.4, 0.5) is 5.69 Å². The van der Waals surface area contributed by atoms with E-state index in [4.69, 9.17) is 0 Å². The number of carbonyl (C=O) groups is 1. The number of nitrogens with one attached hydrogen (secondary N) is 1. The lowest BCUT2D eigenvalue weighted by molar-refractivity contribution is 0.0955. The number of fused-ring (bicyclic) bond motifs is 1. The fourth-order valence-corrected chi connectivity index (χ4v) is 3.61. The summed E-state index contributed by atoms with van der Waals surface area (Å²) in [5.41, 5.74) is 3.82. The van der Waals surface area contributed by atoms with Gasteiger partial charge in [-0.2, -0.15) is 5.10 Å². The molecule has 2 N–H and O–H groups in total. The van der Waals surface area contributed by atoms with Crippen LogP contribution in [0.25, 0.3) is 5.52 Å². The largest absolute Gasteiger partial charge is 0.392 e. The molecule has 1 aliphatic rings. The van der Waals surface area contributed by atoms with Gasteiger partial charge >= 0.3 is 0 Å². The van der Waals surface area contributed by atoms with Crippen molar-refractivity contribution in [1.29, 1.82) is 0 Å². The molecule has 0 bridgehead atoms. The molecule has 1 saturated heterocycles. The third-order valence-electron chi connectivity index (χ3n) is 5.06. The average Bonchev–Trinajstić information content (AvgIpc) is 3.32. The van der Waals surface area contributed by atoms with Crippen molar-refractivity contribution in [1.82, 2.24) is 14.9 Å². The summed E-state index contributed by atoms with van der Waals surface area (Å²) in [6, 6.07) is 14.1. The van der Waals surface area contributed by atoms with Crippen LogP contribution in [-0.4, -0.2) is 40.8 Å². The third kappa shape index (κ3) is 4.17. The monoisotopic (exact) mass is 380 g/mol. The highest BCUT2D eigenvalue weighted by atomic mass is 16.3. The van der Waals surface area contributed by atoms with Crippen molar-refractivity contribution in [3.8, 4) is 0 Å².